The lowest BCUT2D eigenvalue weighted by Crippen LogP contribution is -1.97. The van der Waals surface area contributed by atoms with E-state index in [0.29, 0.717) is 23.0 Å². The van der Waals surface area contributed by atoms with Crippen LogP contribution in [0.5, 0.6) is 5.75 Å². The lowest BCUT2D eigenvalue weighted by atomic mass is 10.1. The van der Waals surface area contributed by atoms with Crippen LogP contribution >= 0.6 is 27.5 Å². The zero-order valence-corrected chi connectivity index (χ0v) is 17.6. The third-order valence-corrected chi connectivity index (χ3v) is 5.31. The SMILES string of the molecule is O=C1OC(c2ccc(Br)cc2)=C/C1=C\c1ccc(OCc2ccccc2Cl)cc1. The number of rotatable bonds is 5. The van der Waals surface area contributed by atoms with Crippen LogP contribution in [0, 0.1) is 0 Å². The summed E-state index contributed by atoms with van der Waals surface area (Å²) >= 11 is 9.55. The lowest BCUT2D eigenvalue weighted by molar-refractivity contribution is -0.130. The first-order valence-corrected chi connectivity index (χ1v) is 10.1. The fourth-order valence-corrected chi connectivity index (χ4v) is 3.32. The van der Waals surface area contributed by atoms with Crippen LogP contribution in [0.1, 0.15) is 16.7 Å². The number of hydrogen-bond donors (Lipinski definition) is 0. The standard InChI is InChI=1S/C24H16BrClO3/c25-20-9-7-17(8-10-20)23-14-19(24(27)29-23)13-16-5-11-21(12-6-16)28-15-18-3-1-2-4-22(18)26/h1-14H,15H2/b19-13+. The van der Waals surface area contributed by atoms with Crippen LogP contribution in [-0.4, -0.2) is 5.97 Å². The van der Waals surface area contributed by atoms with Crippen LogP contribution in [0.3, 0.4) is 0 Å². The van der Waals surface area contributed by atoms with Gasteiger partial charge in [0.2, 0.25) is 0 Å². The Balaban J connectivity index is 1.46. The smallest absolute Gasteiger partial charge is 0.343 e. The zero-order chi connectivity index (χ0) is 20.2. The van der Waals surface area contributed by atoms with E-state index in [-0.39, 0.29) is 5.97 Å². The highest BCUT2D eigenvalue weighted by Crippen LogP contribution is 2.28. The van der Waals surface area contributed by atoms with Crippen LogP contribution in [0.15, 0.2) is 88.9 Å². The van der Waals surface area contributed by atoms with Gasteiger partial charge in [-0.1, -0.05) is 70.0 Å². The molecule has 4 rings (SSSR count). The van der Waals surface area contributed by atoms with Crippen molar-refractivity contribution in [2.75, 3.05) is 0 Å². The first-order valence-electron chi connectivity index (χ1n) is 8.96. The molecule has 1 aliphatic heterocycles. The van der Waals surface area contributed by atoms with Gasteiger partial charge in [0.25, 0.3) is 0 Å². The van der Waals surface area contributed by atoms with E-state index in [1.54, 1.807) is 12.2 Å². The molecule has 5 heteroatoms. The molecule has 3 nitrogen and oxygen atoms in total. The first kappa shape index (κ1) is 19.5. The Hall–Kier alpha value is -2.82. The quantitative estimate of drug-likeness (QED) is 0.311. The molecule has 0 fully saturated rings. The van der Waals surface area contributed by atoms with E-state index in [0.717, 1.165) is 26.9 Å². The third kappa shape index (κ3) is 4.78. The van der Waals surface area contributed by atoms with Crippen molar-refractivity contribution < 1.29 is 14.3 Å². The number of hydrogen-bond acceptors (Lipinski definition) is 3. The molecule has 3 aromatic carbocycles. The summed E-state index contributed by atoms with van der Waals surface area (Å²) in [5.74, 6) is 0.919. The Morgan fingerprint density at radius 2 is 1.69 bits per heavy atom. The molecule has 1 heterocycles. The third-order valence-electron chi connectivity index (χ3n) is 4.41. The van der Waals surface area contributed by atoms with Crippen molar-refractivity contribution in [1.29, 1.82) is 0 Å². The molecular weight excluding hydrogens is 452 g/mol. The van der Waals surface area contributed by atoms with Crippen LogP contribution < -0.4 is 4.74 Å². The summed E-state index contributed by atoms with van der Waals surface area (Å²) in [7, 11) is 0. The molecule has 0 saturated heterocycles. The van der Waals surface area contributed by atoms with Crippen LogP contribution in [0.2, 0.25) is 5.02 Å². The van der Waals surface area contributed by atoms with Gasteiger partial charge in [0.15, 0.2) is 0 Å². The molecule has 0 aromatic heterocycles. The Kier molecular flexibility index (Phi) is 5.84. The first-order chi connectivity index (χ1) is 14.1. The number of benzene rings is 3. The monoisotopic (exact) mass is 466 g/mol. The van der Waals surface area contributed by atoms with Crippen molar-refractivity contribution in [2.24, 2.45) is 0 Å². The molecule has 0 atom stereocenters. The Morgan fingerprint density at radius 3 is 2.41 bits per heavy atom. The van der Waals surface area contributed by atoms with Crippen molar-refractivity contribution in [1.82, 2.24) is 0 Å². The average molecular weight is 468 g/mol. The van der Waals surface area contributed by atoms with Crippen LogP contribution in [-0.2, 0) is 16.1 Å². The minimum absolute atomic E-state index is 0.359. The van der Waals surface area contributed by atoms with E-state index in [1.807, 2.05) is 72.8 Å². The zero-order valence-electron chi connectivity index (χ0n) is 15.3. The molecule has 0 saturated carbocycles. The molecule has 0 aliphatic carbocycles. The molecule has 0 amide bonds. The minimum atomic E-state index is -0.359. The summed E-state index contributed by atoms with van der Waals surface area (Å²) in [6.07, 6.45) is 3.55. The van der Waals surface area contributed by atoms with E-state index in [2.05, 4.69) is 15.9 Å². The summed E-state index contributed by atoms with van der Waals surface area (Å²) in [6, 6.07) is 22.7. The van der Waals surface area contributed by atoms with E-state index >= 15 is 0 Å². The molecule has 1 aliphatic rings. The van der Waals surface area contributed by atoms with Gasteiger partial charge < -0.3 is 9.47 Å². The summed E-state index contributed by atoms with van der Waals surface area (Å²) in [5, 5.41) is 0.682. The second-order valence-corrected chi connectivity index (χ2v) is 7.78. The van der Waals surface area contributed by atoms with Crippen LogP contribution in [0.25, 0.3) is 11.8 Å². The molecule has 29 heavy (non-hydrogen) atoms. The molecular formula is C24H16BrClO3. The molecule has 144 valence electrons. The number of esters is 1. The van der Waals surface area contributed by atoms with Crippen molar-refractivity contribution >= 4 is 45.3 Å². The van der Waals surface area contributed by atoms with E-state index in [4.69, 9.17) is 21.1 Å². The Labute approximate surface area is 182 Å². The normalized spacial score (nSPS) is 14.6. The van der Waals surface area contributed by atoms with Gasteiger partial charge in [-0.25, -0.2) is 4.79 Å². The Morgan fingerprint density at radius 1 is 0.966 bits per heavy atom. The van der Waals surface area contributed by atoms with Gasteiger partial charge in [-0.2, -0.15) is 0 Å². The maximum Gasteiger partial charge on any atom is 0.343 e. The molecule has 0 bridgehead atoms. The Bertz CT molecular complexity index is 1100. The average Bonchev–Trinajstić information content (AvgIpc) is 3.09. The number of halogens is 2. The van der Waals surface area contributed by atoms with Gasteiger partial charge in [0.05, 0.1) is 5.57 Å². The molecule has 0 spiro atoms. The second kappa shape index (κ2) is 8.68. The largest absolute Gasteiger partial charge is 0.489 e. The van der Waals surface area contributed by atoms with Gasteiger partial charge in [-0.05, 0) is 48.0 Å². The maximum absolute atomic E-state index is 12.2. The number of carbonyl (C=O) groups is 1. The number of carbonyl (C=O) groups excluding carboxylic acids is 1. The predicted molar refractivity (Wildman–Crippen MR) is 118 cm³/mol. The second-order valence-electron chi connectivity index (χ2n) is 6.45. The van der Waals surface area contributed by atoms with Gasteiger partial charge in [0, 0.05) is 20.6 Å². The topological polar surface area (TPSA) is 35.5 Å². The fraction of sp³-hybridized carbons (Fsp3) is 0.0417. The van der Waals surface area contributed by atoms with E-state index in [9.17, 15) is 4.79 Å². The predicted octanol–water partition coefficient (Wildman–Crippen LogP) is 6.66. The summed E-state index contributed by atoms with van der Waals surface area (Å²) < 4.78 is 12.2. The van der Waals surface area contributed by atoms with Crippen LogP contribution in [0.4, 0.5) is 0 Å². The number of ether oxygens (including phenoxy) is 2. The van der Waals surface area contributed by atoms with Crippen molar-refractivity contribution in [3.8, 4) is 5.75 Å². The van der Waals surface area contributed by atoms with Crippen molar-refractivity contribution in [3.05, 3.63) is 111 Å². The van der Waals surface area contributed by atoms with Gasteiger partial charge in [0.1, 0.15) is 18.1 Å². The summed E-state index contributed by atoms with van der Waals surface area (Å²) in [5.41, 5.74) is 3.18. The fourth-order valence-electron chi connectivity index (χ4n) is 2.86. The number of cyclic esters (lactones) is 1. The molecule has 0 unspecified atom stereocenters. The van der Waals surface area contributed by atoms with Crippen molar-refractivity contribution in [2.45, 2.75) is 6.61 Å². The summed E-state index contributed by atoms with van der Waals surface area (Å²) in [6.45, 7) is 0.395. The molecule has 3 aromatic rings. The van der Waals surface area contributed by atoms with Gasteiger partial charge in [-0.15, -0.1) is 0 Å². The van der Waals surface area contributed by atoms with Gasteiger partial charge >= 0.3 is 5.97 Å². The van der Waals surface area contributed by atoms with Gasteiger partial charge in [-0.3, -0.25) is 0 Å². The summed E-state index contributed by atoms with van der Waals surface area (Å²) in [4.78, 5) is 12.2. The molecule has 0 radical (unpaired) electrons. The van der Waals surface area contributed by atoms with E-state index < -0.39 is 0 Å². The highest BCUT2D eigenvalue weighted by molar-refractivity contribution is 9.10. The van der Waals surface area contributed by atoms with E-state index in [1.165, 1.54) is 0 Å². The molecule has 0 N–H and O–H groups in total. The highest BCUT2D eigenvalue weighted by atomic mass is 79.9. The maximum atomic E-state index is 12.2. The highest BCUT2D eigenvalue weighted by Gasteiger charge is 2.21. The van der Waals surface area contributed by atoms with Crippen molar-refractivity contribution in [3.63, 3.8) is 0 Å². The lowest BCUT2D eigenvalue weighted by Gasteiger charge is -2.08. The minimum Gasteiger partial charge on any atom is -0.489 e.